The van der Waals surface area contributed by atoms with Gasteiger partial charge in [-0.25, -0.2) is 0 Å². The second-order valence-electron chi connectivity index (χ2n) is 5.53. The van der Waals surface area contributed by atoms with Gasteiger partial charge >= 0.3 is 11.9 Å². The highest BCUT2D eigenvalue weighted by Gasteiger charge is 2.29. The first-order chi connectivity index (χ1) is 8.18. The maximum absolute atomic E-state index is 11.4. The topological polar surface area (TPSA) is 75.6 Å². The van der Waals surface area contributed by atoms with Crippen molar-refractivity contribution in [2.24, 2.45) is 5.92 Å². The summed E-state index contributed by atoms with van der Waals surface area (Å²) in [6, 6.07) is -0.644. The number of carboxylic acids is 1. The fraction of sp³-hybridized carbons (Fsp3) is 0.846. The summed E-state index contributed by atoms with van der Waals surface area (Å²) < 4.78 is 4.87. The lowest BCUT2D eigenvalue weighted by molar-refractivity contribution is -0.146. The number of esters is 1. The van der Waals surface area contributed by atoms with E-state index in [0.29, 0.717) is 13.0 Å². The van der Waals surface area contributed by atoms with Gasteiger partial charge in [0.05, 0.1) is 13.0 Å². The Kier molecular flexibility index (Phi) is 6.91. The third kappa shape index (κ3) is 7.27. The first kappa shape index (κ1) is 16.9. The highest BCUT2D eigenvalue weighted by atomic mass is 16.5. The number of carboxylic acid groups (broad SMARTS) is 1. The van der Waals surface area contributed by atoms with E-state index in [-0.39, 0.29) is 18.3 Å². The molecule has 0 aliphatic carbocycles. The van der Waals surface area contributed by atoms with Gasteiger partial charge in [0.15, 0.2) is 0 Å². The molecule has 0 bridgehead atoms. The van der Waals surface area contributed by atoms with E-state index in [1.165, 1.54) is 0 Å². The molecule has 0 heterocycles. The summed E-state index contributed by atoms with van der Waals surface area (Å²) in [5.41, 5.74) is -0.593. The molecular formula is C13H25NO4. The molecule has 5 nitrogen and oxygen atoms in total. The van der Waals surface area contributed by atoms with Crippen molar-refractivity contribution in [2.75, 3.05) is 6.61 Å². The predicted octanol–water partition coefficient (Wildman–Crippen LogP) is 1.81. The number of aliphatic carboxylic acids is 1. The molecule has 0 aromatic rings. The molecule has 0 aromatic heterocycles. The molecule has 1 atom stereocenters. The lowest BCUT2D eigenvalue weighted by Crippen LogP contribution is -2.51. The Hall–Kier alpha value is -1.10. The zero-order valence-electron chi connectivity index (χ0n) is 11.9. The summed E-state index contributed by atoms with van der Waals surface area (Å²) in [5, 5.41) is 12.2. The second kappa shape index (κ2) is 7.36. The van der Waals surface area contributed by atoms with Crippen LogP contribution in [0.15, 0.2) is 0 Å². The smallest absolute Gasteiger partial charge is 0.320 e. The Morgan fingerprint density at radius 3 is 2.28 bits per heavy atom. The zero-order chi connectivity index (χ0) is 14.3. The number of carbonyl (C=O) groups excluding carboxylic acids is 1. The maximum atomic E-state index is 11.4. The highest BCUT2D eigenvalue weighted by Crippen LogP contribution is 2.14. The third-order valence-corrected chi connectivity index (χ3v) is 2.46. The summed E-state index contributed by atoms with van der Waals surface area (Å²) in [5.74, 6) is -0.929. The van der Waals surface area contributed by atoms with E-state index in [0.717, 1.165) is 0 Å². The van der Waals surface area contributed by atoms with Gasteiger partial charge < -0.3 is 9.84 Å². The average molecular weight is 259 g/mol. The van der Waals surface area contributed by atoms with Gasteiger partial charge in [-0.3, -0.25) is 14.9 Å². The second-order valence-corrected chi connectivity index (χ2v) is 5.53. The Bertz CT molecular complexity index is 287. The highest BCUT2D eigenvalue weighted by molar-refractivity contribution is 5.74. The molecule has 0 aromatic carbocycles. The van der Waals surface area contributed by atoms with Gasteiger partial charge in [0, 0.05) is 5.54 Å². The van der Waals surface area contributed by atoms with Crippen LogP contribution >= 0.6 is 0 Å². The van der Waals surface area contributed by atoms with E-state index < -0.39 is 17.6 Å². The van der Waals surface area contributed by atoms with Crippen molar-refractivity contribution in [3.63, 3.8) is 0 Å². The van der Waals surface area contributed by atoms with Gasteiger partial charge in [-0.15, -0.1) is 0 Å². The van der Waals surface area contributed by atoms with Gasteiger partial charge in [0.1, 0.15) is 6.04 Å². The van der Waals surface area contributed by atoms with Crippen molar-refractivity contribution in [2.45, 2.75) is 59.0 Å². The predicted molar refractivity (Wildman–Crippen MR) is 69.3 cm³/mol. The van der Waals surface area contributed by atoms with E-state index in [9.17, 15) is 9.59 Å². The van der Waals surface area contributed by atoms with Gasteiger partial charge in [-0.2, -0.15) is 0 Å². The summed E-state index contributed by atoms with van der Waals surface area (Å²) in [4.78, 5) is 22.6. The quantitative estimate of drug-likeness (QED) is 0.650. The Morgan fingerprint density at radius 2 is 1.89 bits per heavy atom. The van der Waals surface area contributed by atoms with Crippen molar-refractivity contribution >= 4 is 11.9 Å². The van der Waals surface area contributed by atoms with Crippen LogP contribution in [-0.4, -0.2) is 35.2 Å². The lowest BCUT2D eigenvalue weighted by Gasteiger charge is -2.30. The molecule has 0 spiro atoms. The van der Waals surface area contributed by atoms with Crippen LogP contribution < -0.4 is 5.32 Å². The van der Waals surface area contributed by atoms with Crippen molar-refractivity contribution in [1.82, 2.24) is 5.32 Å². The van der Waals surface area contributed by atoms with Crippen LogP contribution in [0.5, 0.6) is 0 Å². The van der Waals surface area contributed by atoms with Crippen molar-refractivity contribution < 1.29 is 19.4 Å². The Balaban J connectivity index is 4.49. The Morgan fingerprint density at radius 1 is 1.33 bits per heavy atom. The molecule has 0 saturated heterocycles. The SMILES string of the molecule is CCOC(=O)CC(C)(C)NC(CC(C)C)C(=O)O. The average Bonchev–Trinajstić information content (AvgIpc) is 2.14. The minimum absolute atomic E-state index is 0.155. The molecule has 0 fully saturated rings. The first-order valence-electron chi connectivity index (χ1n) is 6.34. The molecule has 0 radical (unpaired) electrons. The number of ether oxygens (including phenoxy) is 1. The molecule has 0 rings (SSSR count). The van der Waals surface area contributed by atoms with Crippen LogP contribution in [0.3, 0.4) is 0 Å². The molecule has 5 heteroatoms. The van der Waals surface area contributed by atoms with Crippen molar-refractivity contribution in [3.8, 4) is 0 Å². The molecule has 1 unspecified atom stereocenters. The summed E-state index contributed by atoms with van der Waals surface area (Å²) in [7, 11) is 0. The number of rotatable bonds is 8. The van der Waals surface area contributed by atoms with Gasteiger partial charge in [-0.05, 0) is 33.1 Å². The molecule has 18 heavy (non-hydrogen) atoms. The largest absolute Gasteiger partial charge is 0.480 e. The van der Waals surface area contributed by atoms with Crippen molar-refractivity contribution in [1.29, 1.82) is 0 Å². The van der Waals surface area contributed by atoms with Gasteiger partial charge in [0.25, 0.3) is 0 Å². The molecule has 0 aliphatic rings. The fourth-order valence-corrected chi connectivity index (χ4v) is 1.79. The monoisotopic (exact) mass is 259 g/mol. The van der Waals surface area contributed by atoms with Gasteiger partial charge in [0.2, 0.25) is 0 Å². The molecule has 0 aliphatic heterocycles. The minimum atomic E-state index is -0.888. The first-order valence-corrected chi connectivity index (χ1v) is 6.34. The van der Waals surface area contributed by atoms with E-state index >= 15 is 0 Å². The van der Waals surface area contributed by atoms with Crippen LogP contribution in [0.1, 0.15) is 47.5 Å². The summed E-state index contributed by atoms with van der Waals surface area (Å²) in [6.07, 6.45) is 0.685. The maximum Gasteiger partial charge on any atom is 0.320 e. The van der Waals surface area contributed by atoms with Crippen molar-refractivity contribution in [3.05, 3.63) is 0 Å². The van der Waals surface area contributed by atoms with Gasteiger partial charge in [-0.1, -0.05) is 13.8 Å². The summed E-state index contributed by atoms with van der Waals surface area (Å²) >= 11 is 0. The standard InChI is InChI=1S/C13H25NO4/c1-6-18-11(15)8-13(4,5)14-10(12(16)17)7-9(2)3/h9-10,14H,6-8H2,1-5H3,(H,16,17). The van der Waals surface area contributed by atoms with Crippen LogP contribution in [-0.2, 0) is 14.3 Å². The molecule has 2 N–H and O–H groups in total. The number of nitrogens with one attached hydrogen (secondary N) is 1. The molecule has 0 saturated carbocycles. The third-order valence-electron chi connectivity index (χ3n) is 2.46. The molecular weight excluding hydrogens is 234 g/mol. The summed E-state index contributed by atoms with van der Waals surface area (Å²) in [6.45, 7) is 9.63. The normalized spacial score (nSPS) is 13.4. The fourth-order valence-electron chi connectivity index (χ4n) is 1.79. The molecule has 0 amide bonds. The minimum Gasteiger partial charge on any atom is -0.480 e. The van der Waals surface area contributed by atoms with Crippen LogP contribution in [0.2, 0.25) is 0 Å². The lowest BCUT2D eigenvalue weighted by atomic mass is 9.96. The molecule has 106 valence electrons. The van der Waals surface area contributed by atoms with E-state index in [1.54, 1.807) is 20.8 Å². The Labute approximate surface area is 109 Å². The van der Waals surface area contributed by atoms with Crippen LogP contribution in [0.25, 0.3) is 0 Å². The zero-order valence-corrected chi connectivity index (χ0v) is 11.9. The number of carbonyl (C=O) groups is 2. The van der Waals surface area contributed by atoms with E-state index in [4.69, 9.17) is 9.84 Å². The van der Waals surface area contributed by atoms with E-state index in [2.05, 4.69) is 5.32 Å². The number of hydrogen-bond donors (Lipinski definition) is 2. The van der Waals surface area contributed by atoms with E-state index in [1.807, 2.05) is 13.8 Å². The van der Waals surface area contributed by atoms with Crippen LogP contribution in [0, 0.1) is 5.92 Å². The number of hydrogen-bond acceptors (Lipinski definition) is 4. The van der Waals surface area contributed by atoms with Crippen LogP contribution in [0.4, 0.5) is 0 Å².